The second-order valence-electron chi connectivity index (χ2n) is 8.68. The third kappa shape index (κ3) is 7.16. The molecule has 0 aliphatic rings. The van der Waals surface area contributed by atoms with Crippen molar-refractivity contribution >= 4 is 39.3 Å². The molecule has 8 nitrogen and oxygen atoms in total. The summed E-state index contributed by atoms with van der Waals surface area (Å²) >= 11 is 3.42. The molecule has 3 rings (SSSR count). The molecule has 0 atom stereocenters. The highest BCUT2D eigenvalue weighted by Gasteiger charge is 2.16. The van der Waals surface area contributed by atoms with Crippen LogP contribution in [0.3, 0.4) is 0 Å². The molecule has 0 saturated carbocycles. The number of anilines is 1. The molecule has 0 fully saturated rings. The lowest BCUT2D eigenvalue weighted by Crippen LogP contribution is -2.29. The fraction of sp³-hybridized carbons (Fsp3) is 0.520. The minimum Gasteiger partial charge on any atom is -0.303 e. The van der Waals surface area contributed by atoms with Gasteiger partial charge in [-0.2, -0.15) is 10.1 Å². The number of hydrogen-bond donors (Lipinski definition) is 2. The van der Waals surface area contributed by atoms with Gasteiger partial charge in [0.1, 0.15) is 0 Å². The number of rotatable bonds is 14. The Labute approximate surface area is 208 Å². The first-order valence-electron chi connectivity index (χ1n) is 12.3. The van der Waals surface area contributed by atoms with Crippen molar-refractivity contribution in [2.24, 2.45) is 12.1 Å². The number of hydrazone groups is 1. The van der Waals surface area contributed by atoms with Gasteiger partial charge in [0.25, 0.3) is 5.56 Å². The van der Waals surface area contributed by atoms with Crippen molar-refractivity contribution in [1.82, 2.24) is 19.1 Å². The van der Waals surface area contributed by atoms with E-state index in [4.69, 9.17) is 0 Å². The van der Waals surface area contributed by atoms with Crippen LogP contribution < -0.4 is 16.7 Å². The highest BCUT2D eigenvalue weighted by molar-refractivity contribution is 9.10. The van der Waals surface area contributed by atoms with Crippen LogP contribution in [0.1, 0.15) is 76.7 Å². The lowest BCUT2D eigenvalue weighted by Gasteiger charge is -2.08. The van der Waals surface area contributed by atoms with Gasteiger partial charge in [0.2, 0.25) is 5.95 Å². The number of benzene rings is 1. The number of fused-ring (bicyclic) bond motifs is 1. The third-order valence-corrected chi connectivity index (χ3v) is 6.52. The SMILES string of the molecule is CCCCCCCCCCCCn1c(N/N=C\c2ccc(Br)cc2)nc2c1c(=O)[nH]c(=O)n2C. The number of nitrogens with one attached hydrogen (secondary N) is 2. The van der Waals surface area contributed by atoms with Crippen LogP contribution >= 0.6 is 15.9 Å². The number of aromatic nitrogens is 4. The molecule has 0 aliphatic heterocycles. The Morgan fingerprint density at radius 3 is 2.26 bits per heavy atom. The molecule has 0 radical (unpaired) electrons. The molecule has 2 heterocycles. The summed E-state index contributed by atoms with van der Waals surface area (Å²) in [5.74, 6) is 0.450. The maximum atomic E-state index is 12.6. The maximum Gasteiger partial charge on any atom is 0.329 e. The van der Waals surface area contributed by atoms with Crippen molar-refractivity contribution in [2.45, 2.75) is 77.7 Å². The molecule has 0 amide bonds. The Morgan fingerprint density at radius 2 is 1.62 bits per heavy atom. The minimum absolute atomic E-state index is 0.349. The van der Waals surface area contributed by atoms with Crippen molar-refractivity contribution in [3.8, 4) is 0 Å². The summed E-state index contributed by atoms with van der Waals surface area (Å²) in [7, 11) is 1.60. The first-order valence-corrected chi connectivity index (χ1v) is 13.0. The van der Waals surface area contributed by atoms with Gasteiger partial charge in [-0.1, -0.05) is 92.8 Å². The molecule has 184 valence electrons. The van der Waals surface area contributed by atoms with E-state index in [1.165, 1.54) is 55.9 Å². The number of imidazole rings is 1. The Morgan fingerprint density at radius 1 is 1.00 bits per heavy atom. The number of H-pyrrole nitrogens is 1. The van der Waals surface area contributed by atoms with E-state index >= 15 is 0 Å². The van der Waals surface area contributed by atoms with Crippen LogP contribution in [0.4, 0.5) is 5.95 Å². The molecule has 9 heteroatoms. The highest BCUT2D eigenvalue weighted by Crippen LogP contribution is 2.18. The van der Waals surface area contributed by atoms with Crippen LogP contribution in [0.2, 0.25) is 0 Å². The lowest BCUT2D eigenvalue weighted by atomic mass is 10.1. The Bertz CT molecular complexity index is 1190. The van der Waals surface area contributed by atoms with Gasteiger partial charge in [0.15, 0.2) is 11.2 Å². The zero-order chi connectivity index (χ0) is 24.3. The first kappa shape index (κ1) is 25.9. The van der Waals surface area contributed by atoms with Crippen LogP contribution in [-0.4, -0.2) is 25.3 Å². The van der Waals surface area contributed by atoms with E-state index in [1.807, 2.05) is 28.8 Å². The summed E-state index contributed by atoms with van der Waals surface area (Å²) in [5.41, 5.74) is 3.72. The van der Waals surface area contributed by atoms with Crippen molar-refractivity contribution in [1.29, 1.82) is 0 Å². The fourth-order valence-corrected chi connectivity index (χ4v) is 4.27. The number of aromatic amines is 1. The summed E-state index contributed by atoms with van der Waals surface area (Å²) in [6, 6.07) is 7.77. The summed E-state index contributed by atoms with van der Waals surface area (Å²) in [6.07, 6.45) is 14.0. The predicted molar refractivity (Wildman–Crippen MR) is 143 cm³/mol. The molecular weight excluding hydrogens is 496 g/mol. The monoisotopic (exact) mass is 530 g/mol. The molecule has 2 N–H and O–H groups in total. The Kier molecular flexibility index (Phi) is 10.1. The van der Waals surface area contributed by atoms with E-state index in [1.54, 1.807) is 13.3 Å². The third-order valence-electron chi connectivity index (χ3n) is 5.99. The van der Waals surface area contributed by atoms with Gasteiger partial charge >= 0.3 is 5.69 Å². The lowest BCUT2D eigenvalue weighted by molar-refractivity contribution is 0.538. The van der Waals surface area contributed by atoms with E-state index in [0.29, 0.717) is 23.7 Å². The minimum atomic E-state index is -0.481. The second kappa shape index (κ2) is 13.3. The molecule has 0 unspecified atom stereocenters. The van der Waals surface area contributed by atoms with E-state index in [0.717, 1.165) is 22.9 Å². The summed E-state index contributed by atoms with van der Waals surface area (Å²) < 4.78 is 4.18. The molecule has 0 saturated heterocycles. The molecule has 0 bridgehead atoms. The maximum absolute atomic E-state index is 12.6. The standard InChI is InChI=1S/C25H35BrN6O2/c1-3-4-5-6-7-8-9-10-11-12-17-32-21-22(31(2)25(34)29-23(21)33)28-24(32)30-27-18-19-13-15-20(26)16-14-19/h13-16,18H,3-12,17H2,1-2H3,(H,28,30)(H,29,33,34)/b27-18-. The predicted octanol–water partition coefficient (Wildman–Crippen LogP) is 5.55. The topological polar surface area (TPSA) is 97.1 Å². The molecule has 34 heavy (non-hydrogen) atoms. The van der Waals surface area contributed by atoms with Gasteiger partial charge in [-0.15, -0.1) is 0 Å². The van der Waals surface area contributed by atoms with Crippen LogP contribution in [0.15, 0.2) is 43.4 Å². The van der Waals surface area contributed by atoms with Crippen molar-refractivity contribution < 1.29 is 0 Å². The number of halogens is 1. The summed E-state index contributed by atoms with van der Waals surface area (Å²) in [4.78, 5) is 31.5. The zero-order valence-electron chi connectivity index (χ0n) is 20.1. The number of nitrogens with zero attached hydrogens (tertiary/aromatic N) is 4. The molecular formula is C25H35BrN6O2. The van der Waals surface area contributed by atoms with Gasteiger partial charge in [-0.3, -0.25) is 14.3 Å². The molecule has 2 aromatic heterocycles. The quantitative estimate of drug-likeness (QED) is 0.162. The molecule has 0 aliphatic carbocycles. The fourth-order valence-electron chi connectivity index (χ4n) is 4.01. The van der Waals surface area contributed by atoms with E-state index in [2.05, 4.69) is 43.3 Å². The highest BCUT2D eigenvalue weighted by atomic mass is 79.9. The van der Waals surface area contributed by atoms with Crippen LogP contribution in [-0.2, 0) is 13.6 Å². The Balaban J connectivity index is 1.65. The largest absolute Gasteiger partial charge is 0.329 e. The first-order chi connectivity index (χ1) is 16.5. The zero-order valence-corrected chi connectivity index (χ0v) is 21.7. The van der Waals surface area contributed by atoms with Crippen LogP contribution in [0, 0.1) is 0 Å². The normalized spacial score (nSPS) is 11.6. The van der Waals surface area contributed by atoms with Crippen LogP contribution in [0.5, 0.6) is 0 Å². The van der Waals surface area contributed by atoms with Crippen LogP contribution in [0.25, 0.3) is 11.2 Å². The van der Waals surface area contributed by atoms with Gasteiger partial charge < -0.3 is 4.57 Å². The van der Waals surface area contributed by atoms with E-state index < -0.39 is 11.2 Å². The van der Waals surface area contributed by atoms with E-state index in [-0.39, 0.29) is 0 Å². The van der Waals surface area contributed by atoms with Gasteiger partial charge in [-0.25, -0.2) is 10.2 Å². The van der Waals surface area contributed by atoms with Crippen molar-refractivity contribution in [2.75, 3.05) is 5.43 Å². The Hall–Kier alpha value is -2.68. The molecule has 1 aromatic carbocycles. The van der Waals surface area contributed by atoms with Gasteiger partial charge in [0, 0.05) is 18.1 Å². The average molecular weight is 531 g/mol. The molecule has 0 spiro atoms. The summed E-state index contributed by atoms with van der Waals surface area (Å²) in [6.45, 7) is 2.87. The van der Waals surface area contributed by atoms with Crippen molar-refractivity contribution in [3.05, 3.63) is 55.1 Å². The number of aryl methyl sites for hydroxylation is 2. The smallest absolute Gasteiger partial charge is 0.303 e. The molecule has 3 aromatic rings. The van der Waals surface area contributed by atoms with Gasteiger partial charge in [-0.05, 0) is 24.1 Å². The number of hydrogen-bond acceptors (Lipinski definition) is 5. The summed E-state index contributed by atoms with van der Waals surface area (Å²) in [5, 5.41) is 4.31. The number of unbranched alkanes of at least 4 members (excludes halogenated alkanes) is 9. The average Bonchev–Trinajstić information content (AvgIpc) is 3.19. The second-order valence-corrected chi connectivity index (χ2v) is 9.60. The van der Waals surface area contributed by atoms with Gasteiger partial charge in [0.05, 0.1) is 6.21 Å². The van der Waals surface area contributed by atoms with E-state index in [9.17, 15) is 9.59 Å². The van der Waals surface area contributed by atoms with Crippen molar-refractivity contribution in [3.63, 3.8) is 0 Å².